The van der Waals surface area contributed by atoms with Crippen molar-refractivity contribution < 1.29 is 9.53 Å². The quantitative estimate of drug-likeness (QED) is 0.570. The van der Waals surface area contributed by atoms with Crippen LogP contribution in [0, 0.1) is 0 Å². The van der Waals surface area contributed by atoms with Crippen molar-refractivity contribution in [1.29, 1.82) is 0 Å². The number of ether oxygens (including phenoxy) is 1. The lowest BCUT2D eigenvalue weighted by Gasteiger charge is -2.06. The molecule has 0 unspecified atom stereocenters. The second kappa shape index (κ2) is 8.67. The second-order valence-electron chi connectivity index (χ2n) is 4.89. The van der Waals surface area contributed by atoms with Crippen LogP contribution in [0.1, 0.15) is 0 Å². The molecule has 0 saturated heterocycles. The van der Waals surface area contributed by atoms with Crippen LogP contribution < -0.4 is 10.1 Å². The molecule has 0 radical (unpaired) electrons. The maximum atomic E-state index is 12.1. The first-order valence-electron chi connectivity index (χ1n) is 6.96. The average Bonchev–Trinajstić information content (AvgIpc) is 2.97. The van der Waals surface area contributed by atoms with E-state index >= 15 is 0 Å². The van der Waals surface area contributed by atoms with Crippen LogP contribution in [0.4, 0.5) is 5.69 Å². The van der Waals surface area contributed by atoms with Crippen LogP contribution in [-0.4, -0.2) is 28.7 Å². The molecule has 132 valence electrons. The van der Waals surface area contributed by atoms with Gasteiger partial charge in [-0.15, -0.1) is 12.4 Å². The van der Waals surface area contributed by atoms with E-state index in [0.717, 1.165) is 16.8 Å². The molecule has 1 aromatic heterocycles. The van der Waals surface area contributed by atoms with Crippen molar-refractivity contribution in [2.75, 3.05) is 18.2 Å². The molecule has 1 amide bonds. The molecule has 2 N–H and O–H groups in total. The van der Waals surface area contributed by atoms with Gasteiger partial charge >= 0.3 is 0 Å². The number of aromatic amines is 1. The number of halogens is 3. The molecule has 5 nitrogen and oxygen atoms in total. The normalized spacial score (nSPS) is 10.4. The van der Waals surface area contributed by atoms with E-state index in [2.05, 4.69) is 15.3 Å². The number of carbonyl (C=O) groups excluding carboxylic acids is 1. The Labute approximate surface area is 164 Å². The second-order valence-corrected chi connectivity index (χ2v) is 6.69. The first-order valence-corrected chi connectivity index (χ1v) is 8.71. The number of benzene rings is 2. The summed E-state index contributed by atoms with van der Waals surface area (Å²) in [5.41, 5.74) is 2.21. The van der Waals surface area contributed by atoms with Gasteiger partial charge in [0, 0.05) is 11.1 Å². The number of nitrogens with zero attached hydrogens (tertiary/aromatic N) is 1. The standard InChI is InChI=1S/C16H13Cl2N3O2S.ClH/c1-23-10-3-5-13-14(7-10)21-16(20-13)24-8-15(22)19-12-4-2-9(17)6-11(12)18;/h2-7H,8H2,1H3,(H,19,22)(H,20,21);1H. The Morgan fingerprint density at radius 2 is 2.08 bits per heavy atom. The minimum atomic E-state index is -0.178. The monoisotopic (exact) mass is 417 g/mol. The number of hydrogen-bond acceptors (Lipinski definition) is 4. The van der Waals surface area contributed by atoms with Crippen molar-refractivity contribution in [1.82, 2.24) is 9.97 Å². The fourth-order valence-electron chi connectivity index (χ4n) is 2.07. The average molecular weight is 419 g/mol. The first-order chi connectivity index (χ1) is 11.5. The number of methoxy groups -OCH3 is 1. The number of aromatic nitrogens is 2. The summed E-state index contributed by atoms with van der Waals surface area (Å²) >= 11 is 13.2. The molecule has 9 heteroatoms. The number of thioether (sulfide) groups is 1. The maximum Gasteiger partial charge on any atom is 0.234 e. The number of anilines is 1. The van der Waals surface area contributed by atoms with Gasteiger partial charge in [0.25, 0.3) is 0 Å². The summed E-state index contributed by atoms with van der Waals surface area (Å²) in [7, 11) is 1.61. The van der Waals surface area contributed by atoms with E-state index in [9.17, 15) is 4.79 Å². The van der Waals surface area contributed by atoms with Gasteiger partial charge in [0.1, 0.15) is 5.75 Å². The zero-order valence-corrected chi connectivity index (χ0v) is 16.2. The van der Waals surface area contributed by atoms with Crippen LogP contribution in [0.2, 0.25) is 10.0 Å². The lowest BCUT2D eigenvalue weighted by atomic mass is 10.3. The van der Waals surface area contributed by atoms with Crippen LogP contribution in [0.3, 0.4) is 0 Å². The summed E-state index contributed by atoms with van der Waals surface area (Å²) in [5.74, 6) is 0.774. The van der Waals surface area contributed by atoms with E-state index < -0.39 is 0 Å². The summed E-state index contributed by atoms with van der Waals surface area (Å²) in [5, 5.41) is 4.33. The van der Waals surface area contributed by atoms with E-state index in [0.29, 0.717) is 20.9 Å². The van der Waals surface area contributed by atoms with Gasteiger partial charge in [0.15, 0.2) is 5.16 Å². The van der Waals surface area contributed by atoms with E-state index in [1.807, 2.05) is 18.2 Å². The highest BCUT2D eigenvalue weighted by molar-refractivity contribution is 7.99. The lowest BCUT2D eigenvalue weighted by molar-refractivity contribution is -0.113. The SMILES string of the molecule is COc1ccc2nc(SCC(=O)Nc3ccc(Cl)cc3Cl)[nH]c2c1.Cl. The molecular weight excluding hydrogens is 405 g/mol. The molecule has 0 aliphatic rings. The van der Waals surface area contributed by atoms with Crippen molar-refractivity contribution in [2.45, 2.75) is 5.16 Å². The maximum absolute atomic E-state index is 12.1. The molecule has 3 aromatic rings. The van der Waals surface area contributed by atoms with E-state index in [-0.39, 0.29) is 24.1 Å². The molecule has 0 fully saturated rings. The molecule has 2 aromatic carbocycles. The molecule has 0 spiro atoms. The van der Waals surface area contributed by atoms with Gasteiger partial charge in [0.05, 0.1) is 34.6 Å². The van der Waals surface area contributed by atoms with Gasteiger partial charge in [-0.1, -0.05) is 35.0 Å². The predicted molar refractivity (Wildman–Crippen MR) is 106 cm³/mol. The largest absolute Gasteiger partial charge is 0.497 e. The highest BCUT2D eigenvalue weighted by Crippen LogP contribution is 2.26. The number of H-pyrrole nitrogens is 1. The summed E-state index contributed by atoms with van der Waals surface area (Å²) in [6.07, 6.45) is 0. The van der Waals surface area contributed by atoms with E-state index in [1.54, 1.807) is 25.3 Å². The number of rotatable bonds is 5. The summed E-state index contributed by atoms with van der Waals surface area (Å²) in [6.45, 7) is 0. The minimum absolute atomic E-state index is 0. The third-order valence-corrected chi connectivity index (χ3v) is 4.63. The predicted octanol–water partition coefficient (Wildman–Crippen LogP) is 5.03. The molecule has 0 atom stereocenters. The highest BCUT2D eigenvalue weighted by Gasteiger charge is 2.10. The lowest BCUT2D eigenvalue weighted by Crippen LogP contribution is -2.14. The minimum Gasteiger partial charge on any atom is -0.497 e. The molecule has 0 aliphatic carbocycles. The molecular formula is C16H14Cl3N3O2S. The van der Waals surface area contributed by atoms with Crippen molar-refractivity contribution in [3.63, 3.8) is 0 Å². The Morgan fingerprint density at radius 1 is 1.28 bits per heavy atom. The third kappa shape index (κ3) is 4.95. The smallest absolute Gasteiger partial charge is 0.234 e. The summed E-state index contributed by atoms with van der Waals surface area (Å²) < 4.78 is 5.18. The van der Waals surface area contributed by atoms with Crippen LogP contribution in [-0.2, 0) is 4.79 Å². The number of amides is 1. The zero-order valence-electron chi connectivity index (χ0n) is 13.0. The van der Waals surface area contributed by atoms with Crippen molar-refractivity contribution in [3.8, 4) is 5.75 Å². The highest BCUT2D eigenvalue weighted by atomic mass is 35.5. The van der Waals surface area contributed by atoms with Gasteiger partial charge in [0.2, 0.25) is 5.91 Å². The Kier molecular flexibility index (Phi) is 6.84. The Bertz CT molecular complexity index is 901. The number of hydrogen-bond donors (Lipinski definition) is 2. The van der Waals surface area contributed by atoms with Crippen LogP contribution in [0.5, 0.6) is 5.75 Å². The zero-order chi connectivity index (χ0) is 17.1. The van der Waals surface area contributed by atoms with E-state index in [4.69, 9.17) is 27.9 Å². The Hall–Kier alpha value is -1.60. The number of nitrogens with one attached hydrogen (secondary N) is 2. The summed E-state index contributed by atoms with van der Waals surface area (Å²) in [6, 6.07) is 10.5. The fraction of sp³-hybridized carbons (Fsp3) is 0.125. The molecule has 0 bridgehead atoms. The Balaban J connectivity index is 0.00000225. The van der Waals surface area contributed by atoms with Gasteiger partial charge < -0.3 is 15.0 Å². The van der Waals surface area contributed by atoms with Gasteiger partial charge in [-0.25, -0.2) is 4.98 Å². The van der Waals surface area contributed by atoms with Gasteiger partial charge in [-0.2, -0.15) is 0 Å². The molecule has 0 aliphatic heterocycles. The molecule has 3 rings (SSSR count). The van der Waals surface area contributed by atoms with Gasteiger partial charge in [-0.05, 0) is 30.3 Å². The summed E-state index contributed by atoms with van der Waals surface area (Å²) in [4.78, 5) is 19.6. The Morgan fingerprint density at radius 3 is 2.80 bits per heavy atom. The number of imidazole rings is 1. The van der Waals surface area contributed by atoms with Crippen LogP contribution >= 0.6 is 47.4 Å². The first kappa shape index (κ1) is 19.7. The van der Waals surface area contributed by atoms with Crippen LogP contribution in [0.15, 0.2) is 41.6 Å². The van der Waals surface area contributed by atoms with Gasteiger partial charge in [-0.3, -0.25) is 4.79 Å². The molecule has 0 saturated carbocycles. The fourth-order valence-corrected chi connectivity index (χ4v) is 3.21. The topological polar surface area (TPSA) is 67.0 Å². The van der Waals surface area contributed by atoms with Crippen molar-refractivity contribution in [2.24, 2.45) is 0 Å². The van der Waals surface area contributed by atoms with Crippen LogP contribution in [0.25, 0.3) is 11.0 Å². The molecule has 25 heavy (non-hydrogen) atoms. The van der Waals surface area contributed by atoms with Crippen molar-refractivity contribution >= 4 is 70.0 Å². The van der Waals surface area contributed by atoms with Crippen molar-refractivity contribution in [3.05, 3.63) is 46.4 Å². The third-order valence-electron chi connectivity index (χ3n) is 3.21. The molecule has 1 heterocycles. The van der Waals surface area contributed by atoms with E-state index in [1.165, 1.54) is 11.8 Å². The number of fused-ring (bicyclic) bond motifs is 1. The number of carbonyl (C=O) groups is 1.